The van der Waals surface area contributed by atoms with Crippen LogP contribution in [-0.4, -0.2) is 35.3 Å². The maximum Gasteiger partial charge on any atom is 0.416 e. The standard InChI is InChI=1S/C23H18F7NO3/c1-11(13-6-14(22(25,26)27)8-15(7-13)23(28,29)30)34-19-10-31-17(9-18(32)21(31)33)20(19)12-2-4-16(24)5-3-12/h2-8,11,17,19-20H,9-10H2,1H3/t11-,17+,19+,20?/m1/s1. The van der Waals surface area contributed by atoms with Crippen LogP contribution in [0.5, 0.6) is 0 Å². The first kappa shape index (κ1) is 24.2. The van der Waals surface area contributed by atoms with Crippen LogP contribution in [-0.2, 0) is 26.7 Å². The normalized spacial score (nSPS) is 24.0. The Labute approximate surface area is 189 Å². The summed E-state index contributed by atoms with van der Waals surface area (Å²) < 4.78 is 98.8. The molecule has 0 aromatic heterocycles. The highest BCUT2D eigenvalue weighted by Gasteiger charge is 2.52. The molecule has 182 valence electrons. The summed E-state index contributed by atoms with van der Waals surface area (Å²) in [4.78, 5) is 25.5. The molecule has 2 heterocycles. The molecule has 4 atom stereocenters. The molecule has 11 heteroatoms. The predicted octanol–water partition coefficient (Wildman–Crippen LogP) is 5.28. The van der Waals surface area contributed by atoms with Crippen molar-refractivity contribution in [2.75, 3.05) is 6.54 Å². The summed E-state index contributed by atoms with van der Waals surface area (Å²) in [5, 5.41) is 0. The molecule has 2 aromatic carbocycles. The van der Waals surface area contributed by atoms with Crippen LogP contribution in [0.25, 0.3) is 0 Å². The average Bonchev–Trinajstić information content (AvgIpc) is 3.22. The van der Waals surface area contributed by atoms with Gasteiger partial charge in [0.15, 0.2) is 0 Å². The Morgan fingerprint density at radius 1 is 0.941 bits per heavy atom. The second-order valence-corrected chi connectivity index (χ2v) is 8.39. The summed E-state index contributed by atoms with van der Waals surface area (Å²) in [5.41, 5.74) is -2.73. The van der Waals surface area contributed by atoms with Crippen LogP contribution in [0.1, 0.15) is 47.6 Å². The van der Waals surface area contributed by atoms with E-state index < -0.39 is 65.2 Å². The molecule has 1 unspecified atom stereocenters. The number of alkyl halides is 6. The molecule has 0 saturated carbocycles. The van der Waals surface area contributed by atoms with Gasteiger partial charge < -0.3 is 9.64 Å². The minimum Gasteiger partial charge on any atom is -0.368 e. The minimum absolute atomic E-state index is 0.0352. The maximum absolute atomic E-state index is 13.4. The number of nitrogens with zero attached hydrogens (tertiary/aromatic N) is 1. The third-order valence-electron chi connectivity index (χ3n) is 6.20. The van der Waals surface area contributed by atoms with Crippen LogP contribution in [0, 0.1) is 5.82 Å². The second-order valence-electron chi connectivity index (χ2n) is 8.39. The highest BCUT2D eigenvalue weighted by atomic mass is 19.4. The number of hydrogen-bond acceptors (Lipinski definition) is 3. The van der Waals surface area contributed by atoms with Crippen molar-refractivity contribution in [2.24, 2.45) is 0 Å². The summed E-state index contributed by atoms with van der Waals surface area (Å²) in [6.45, 7) is 1.24. The number of fused-ring (bicyclic) bond motifs is 1. The van der Waals surface area contributed by atoms with Crippen molar-refractivity contribution in [3.63, 3.8) is 0 Å². The fourth-order valence-electron chi connectivity index (χ4n) is 4.60. The van der Waals surface area contributed by atoms with Crippen molar-refractivity contribution >= 4 is 11.7 Å². The van der Waals surface area contributed by atoms with Gasteiger partial charge in [0.05, 0.1) is 23.3 Å². The molecule has 0 bridgehead atoms. The van der Waals surface area contributed by atoms with Gasteiger partial charge in [-0.25, -0.2) is 4.39 Å². The van der Waals surface area contributed by atoms with Gasteiger partial charge in [-0.2, -0.15) is 26.3 Å². The molecule has 34 heavy (non-hydrogen) atoms. The lowest BCUT2D eigenvalue weighted by Gasteiger charge is -2.27. The summed E-state index contributed by atoms with van der Waals surface area (Å²) >= 11 is 0. The van der Waals surface area contributed by atoms with E-state index in [1.165, 1.54) is 36.1 Å². The summed E-state index contributed by atoms with van der Waals surface area (Å²) in [6, 6.07) is 5.88. The first-order chi connectivity index (χ1) is 15.8. The number of ether oxygens (including phenoxy) is 1. The monoisotopic (exact) mass is 489 g/mol. The first-order valence-electron chi connectivity index (χ1n) is 10.3. The molecule has 1 amide bonds. The summed E-state index contributed by atoms with van der Waals surface area (Å²) in [6.07, 6.45) is -12.2. The molecule has 0 radical (unpaired) electrons. The molecule has 0 aliphatic carbocycles. The highest BCUT2D eigenvalue weighted by molar-refractivity contribution is 6.38. The highest BCUT2D eigenvalue weighted by Crippen LogP contribution is 2.43. The number of carbonyl (C=O) groups is 2. The average molecular weight is 489 g/mol. The topological polar surface area (TPSA) is 46.6 Å². The van der Waals surface area contributed by atoms with Crippen LogP contribution in [0.2, 0.25) is 0 Å². The fraction of sp³-hybridized carbons (Fsp3) is 0.391. The van der Waals surface area contributed by atoms with Crippen molar-refractivity contribution in [2.45, 2.75) is 49.9 Å². The van der Waals surface area contributed by atoms with E-state index in [2.05, 4.69) is 0 Å². The van der Waals surface area contributed by atoms with Gasteiger partial charge in [0.2, 0.25) is 5.78 Å². The fourth-order valence-corrected chi connectivity index (χ4v) is 4.60. The third-order valence-corrected chi connectivity index (χ3v) is 6.20. The second kappa shape index (κ2) is 8.37. The number of Topliss-reactive ketones (excluding diaryl/α,β-unsaturated/α-hetero) is 1. The molecule has 4 nitrogen and oxygen atoms in total. The van der Waals surface area contributed by atoms with E-state index in [-0.39, 0.29) is 24.6 Å². The van der Waals surface area contributed by atoms with Crippen LogP contribution < -0.4 is 0 Å². The number of ketones is 1. The van der Waals surface area contributed by atoms with Gasteiger partial charge in [-0.3, -0.25) is 9.59 Å². The van der Waals surface area contributed by atoms with E-state index in [1.54, 1.807) is 0 Å². The number of rotatable bonds is 4. The Bertz CT molecular complexity index is 1080. The zero-order valence-corrected chi connectivity index (χ0v) is 17.6. The summed E-state index contributed by atoms with van der Waals surface area (Å²) in [5.74, 6) is -2.47. The van der Waals surface area contributed by atoms with Gasteiger partial charge in [-0.1, -0.05) is 12.1 Å². The Hall–Kier alpha value is -2.95. The van der Waals surface area contributed by atoms with E-state index in [9.17, 15) is 40.3 Å². The number of benzene rings is 2. The molecule has 2 aromatic rings. The van der Waals surface area contributed by atoms with E-state index in [0.29, 0.717) is 17.7 Å². The van der Waals surface area contributed by atoms with Gasteiger partial charge in [0.25, 0.3) is 5.91 Å². The molecule has 2 fully saturated rings. The smallest absolute Gasteiger partial charge is 0.368 e. The molecular weight excluding hydrogens is 471 g/mol. The predicted molar refractivity (Wildman–Crippen MR) is 104 cm³/mol. The van der Waals surface area contributed by atoms with Crippen LogP contribution in [0.15, 0.2) is 42.5 Å². The molecule has 0 N–H and O–H groups in total. The van der Waals surface area contributed by atoms with E-state index >= 15 is 0 Å². The lowest BCUT2D eigenvalue weighted by Crippen LogP contribution is -2.31. The van der Waals surface area contributed by atoms with Gasteiger partial charge in [0, 0.05) is 24.9 Å². The van der Waals surface area contributed by atoms with Crippen LogP contribution >= 0.6 is 0 Å². The van der Waals surface area contributed by atoms with Crippen molar-refractivity contribution in [1.82, 2.24) is 4.90 Å². The van der Waals surface area contributed by atoms with Crippen LogP contribution in [0.3, 0.4) is 0 Å². The molecule has 0 spiro atoms. The van der Waals surface area contributed by atoms with Gasteiger partial charge in [-0.15, -0.1) is 0 Å². The Morgan fingerprint density at radius 3 is 2.03 bits per heavy atom. The lowest BCUT2D eigenvalue weighted by molar-refractivity contribution is -0.143. The molecule has 2 aliphatic heterocycles. The Balaban J connectivity index is 1.67. The van der Waals surface area contributed by atoms with E-state index in [0.717, 1.165) is 0 Å². The van der Waals surface area contributed by atoms with Crippen LogP contribution in [0.4, 0.5) is 30.7 Å². The van der Waals surface area contributed by atoms with Crippen molar-refractivity contribution in [3.05, 3.63) is 70.5 Å². The zero-order chi connectivity index (χ0) is 25.0. The number of halogens is 7. The van der Waals surface area contributed by atoms with Gasteiger partial charge in [0.1, 0.15) is 5.82 Å². The zero-order valence-electron chi connectivity index (χ0n) is 17.6. The molecule has 2 saturated heterocycles. The molecule has 4 rings (SSSR count). The summed E-state index contributed by atoms with van der Waals surface area (Å²) in [7, 11) is 0. The van der Waals surface area contributed by atoms with Crippen molar-refractivity contribution in [3.8, 4) is 0 Å². The number of carbonyl (C=O) groups excluding carboxylic acids is 2. The largest absolute Gasteiger partial charge is 0.416 e. The number of amides is 1. The SMILES string of the molecule is C[C@@H](O[C@H]1CN2C(=O)C(=O)C[C@H]2C1c1ccc(F)cc1)c1cc(C(F)(F)F)cc(C(F)(F)F)c1. The van der Waals surface area contributed by atoms with E-state index in [4.69, 9.17) is 4.74 Å². The Morgan fingerprint density at radius 2 is 1.50 bits per heavy atom. The third kappa shape index (κ3) is 4.53. The van der Waals surface area contributed by atoms with E-state index in [1.807, 2.05) is 0 Å². The van der Waals surface area contributed by atoms with Gasteiger partial charge in [-0.05, 0) is 48.4 Å². The first-order valence-corrected chi connectivity index (χ1v) is 10.3. The van der Waals surface area contributed by atoms with Crippen molar-refractivity contribution in [1.29, 1.82) is 0 Å². The lowest BCUT2D eigenvalue weighted by atomic mass is 9.88. The Kier molecular flexibility index (Phi) is 5.95. The molecular formula is C23H18F7NO3. The molecule has 2 aliphatic rings. The quantitative estimate of drug-likeness (QED) is 0.434. The van der Waals surface area contributed by atoms with Crippen molar-refractivity contribution < 1.29 is 45.1 Å². The van der Waals surface area contributed by atoms with Gasteiger partial charge >= 0.3 is 12.4 Å². The number of hydrogen-bond donors (Lipinski definition) is 0. The maximum atomic E-state index is 13.4. The minimum atomic E-state index is -5.00.